The molecule has 8 aromatic carbocycles. The highest BCUT2D eigenvalue weighted by atomic mass is 16.2. The van der Waals surface area contributed by atoms with Gasteiger partial charge < -0.3 is 9.80 Å². The predicted octanol–water partition coefficient (Wildman–Crippen LogP) is 13.9. The molecule has 2 heterocycles. The van der Waals surface area contributed by atoms with Gasteiger partial charge in [0, 0.05) is 34.1 Å². The molecule has 0 spiro atoms. The number of nitrogens with zero attached hydrogens (tertiary/aromatic N) is 6. The molecule has 8 aromatic rings. The highest BCUT2D eigenvalue weighted by Gasteiger charge is 2.30. The van der Waals surface area contributed by atoms with Gasteiger partial charge in [-0.05, 0) is 145 Å². The van der Waals surface area contributed by atoms with Crippen LogP contribution < -0.4 is 19.8 Å². The van der Waals surface area contributed by atoms with Crippen molar-refractivity contribution in [3.63, 3.8) is 0 Å². The van der Waals surface area contributed by atoms with Crippen molar-refractivity contribution in [2.75, 3.05) is 19.8 Å². The first kappa shape index (κ1) is 41.1. The van der Waals surface area contributed by atoms with Crippen molar-refractivity contribution in [1.29, 1.82) is 0 Å². The molecular weight excluding hydrogens is 813 g/mol. The molecule has 10 rings (SSSR count). The minimum atomic E-state index is -0.141. The molecule has 0 aliphatic carbocycles. The summed E-state index contributed by atoms with van der Waals surface area (Å²) in [7, 11) is 0. The summed E-state index contributed by atoms with van der Waals surface area (Å²) in [6, 6.07) is 73.4. The lowest BCUT2D eigenvalue weighted by Crippen LogP contribution is -2.21. The molecule has 0 aromatic heterocycles. The van der Waals surface area contributed by atoms with Crippen LogP contribution in [0.5, 0.6) is 0 Å². The zero-order chi connectivity index (χ0) is 45.0. The van der Waals surface area contributed by atoms with E-state index in [2.05, 4.69) is 117 Å². The number of hydrogen-bond donors (Lipinski definition) is 0. The van der Waals surface area contributed by atoms with E-state index in [1.54, 1.807) is 0 Å². The van der Waals surface area contributed by atoms with Crippen LogP contribution in [-0.4, -0.2) is 23.2 Å². The molecule has 2 aliphatic heterocycles. The fourth-order valence-electron chi connectivity index (χ4n) is 8.28. The van der Waals surface area contributed by atoms with Crippen LogP contribution in [0.15, 0.2) is 240 Å². The predicted molar refractivity (Wildman–Crippen MR) is 271 cm³/mol. The fourth-order valence-corrected chi connectivity index (χ4v) is 8.28. The van der Waals surface area contributed by atoms with E-state index in [-0.39, 0.29) is 11.8 Å². The molecule has 66 heavy (non-hydrogen) atoms. The minimum absolute atomic E-state index is 0.141. The maximum absolute atomic E-state index is 13.4. The van der Waals surface area contributed by atoms with Crippen molar-refractivity contribution in [1.82, 2.24) is 0 Å². The van der Waals surface area contributed by atoms with Gasteiger partial charge in [-0.15, -0.1) is 0 Å². The molecule has 0 bridgehead atoms. The summed E-state index contributed by atoms with van der Waals surface area (Å²) in [4.78, 5) is 31.2. The van der Waals surface area contributed by atoms with Crippen LogP contribution in [0.4, 0.5) is 45.5 Å². The molecule has 0 fully saturated rings. The second kappa shape index (κ2) is 18.1. The fraction of sp³-hybridized carbons (Fsp3) is 0.0345. The number of carbonyl (C=O) groups is 2. The quantitative estimate of drug-likeness (QED) is 0.122. The molecule has 8 nitrogen and oxygen atoms in total. The van der Waals surface area contributed by atoms with Crippen molar-refractivity contribution in [2.45, 2.75) is 13.8 Å². The number of amides is 2. The zero-order valence-corrected chi connectivity index (χ0v) is 36.4. The minimum Gasteiger partial charge on any atom is -0.311 e. The van der Waals surface area contributed by atoms with Gasteiger partial charge >= 0.3 is 0 Å². The Morgan fingerprint density at radius 1 is 0.348 bits per heavy atom. The molecule has 0 unspecified atom stereocenters. The van der Waals surface area contributed by atoms with Crippen LogP contribution in [0.3, 0.4) is 0 Å². The third-order valence-electron chi connectivity index (χ3n) is 11.7. The average Bonchev–Trinajstić information content (AvgIpc) is 3.82. The summed E-state index contributed by atoms with van der Waals surface area (Å²) in [6.45, 7) is 3.74. The second-order valence-electron chi connectivity index (χ2n) is 16.0. The van der Waals surface area contributed by atoms with Gasteiger partial charge in [0.05, 0.1) is 33.9 Å². The summed E-state index contributed by atoms with van der Waals surface area (Å²) in [5.41, 5.74) is 14.1. The van der Waals surface area contributed by atoms with Gasteiger partial charge in [-0.1, -0.05) is 121 Å². The third kappa shape index (κ3) is 8.34. The number of hydrogen-bond acceptors (Lipinski definition) is 6. The van der Waals surface area contributed by atoms with Crippen LogP contribution in [0.25, 0.3) is 23.3 Å². The number of rotatable bonds is 11. The Bertz CT molecular complexity index is 2930. The van der Waals surface area contributed by atoms with Crippen molar-refractivity contribution in [2.24, 2.45) is 10.2 Å². The lowest BCUT2D eigenvalue weighted by atomic mass is 10.0. The van der Waals surface area contributed by atoms with Gasteiger partial charge in [0.15, 0.2) is 0 Å². The van der Waals surface area contributed by atoms with E-state index in [9.17, 15) is 9.59 Å². The Morgan fingerprint density at radius 2 is 0.621 bits per heavy atom. The van der Waals surface area contributed by atoms with E-state index in [1.165, 1.54) is 10.0 Å². The highest BCUT2D eigenvalue weighted by Crippen LogP contribution is 2.39. The molecule has 0 atom stereocenters. The van der Waals surface area contributed by atoms with E-state index in [0.29, 0.717) is 22.6 Å². The first-order chi connectivity index (χ1) is 32.4. The Morgan fingerprint density at radius 3 is 0.939 bits per heavy atom. The number of para-hydroxylation sites is 4. The lowest BCUT2D eigenvalue weighted by molar-refractivity contribution is -0.115. The number of anilines is 8. The molecular formula is C58H44N6O2. The van der Waals surface area contributed by atoms with Crippen molar-refractivity contribution in [3.05, 3.63) is 241 Å². The molecule has 0 radical (unpaired) electrons. The topological polar surface area (TPSA) is 71.8 Å². The number of carbonyl (C=O) groups excluding carboxylic acids is 2. The van der Waals surface area contributed by atoms with Gasteiger partial charge in [0.2, 0.25) is 0 Å². The Kier molecular flexibility index (Phi) is 11.3. The van der Waals surface area contributed by atoms with Crippen molar-refractivity contribution >= 4 is 80.9 Å². The van der Waals surface area contributed by atoms with E-state index in [1.807, 2.05) is 147 Å². The Labute approximate surface area is 384 Å². The van der Waals surface area contributed by atoms with Gasteiger partial charge in [-0.2, -0.15) is 20.2 Å². The van der Waals surface area contributed by atoms with Crippen LogP contribution >= 0.6 is 0 Å². The van der Waals surface area contributed by atoms with Gasteiger partial charge in [-0.25, -0.2) is 0 Å². The normalized spacial score (nSPS) is 14.8. The molecule has 2 amide bonds. The van der Waals surface area contributed by atoms with Gasteiger partial charge in [-0.3, -0.25) is 9.59 Å². The third-order valence-corrected chi connectivity index (χ3v) is 11.7. The SMILES string of the molecule is CC1=NN(c2ccccc2)C(=O)/C1=C\c1ccc(N(c2ccccc2)c2ccc(-c3ccc(N(c4ccccc4)c4ccc(/C=C5/C(=O)N(c6ccccc6)N=C5C)cc4)cc3)cc2)cc1. The average molecular weight is 857 g/mol. The standard InChI is InChI=1S/C58H44N6O2/c1-41-55(57(65)63(59-41)53-19-11-5-12-20-53)39-43-23-31-49(32-24-43)61(47-15-7-3-8-16-47)51-35-27-45(28-36-51)46-29-37-52(38-30-46)62(48-17-9-4-10-18-48)50-33-25-44(26-34-50)40-56-42(2)60-64(58(56)66)54-21-13-6-14-22-54/h3-40H,1-2H3/b55-39-,56-40+. The van der Waals surface area contributed by atoms with E-state index in [0.717, 1.165) is 67.8 Å². The first-order valence-corrected chi connectivity index (χ1v) is 21.8. The van der Waals surface area contributed by atoms with Gasteiger partial charge in [0.25, 0.3) is 11.8 Å². The molecule has 0 N–H and O–H groups in total. The first-order valence-electron chi connectivity index (χ1n) is 21.8. The summed E-state index contributed by atoms with van der Waals surface area (Å²) < 4.78 is 0. The maximum Gasteiger partial charge on any atom is 0.280 e. The zero-order valence-electron chi connectivity index (χ0n) is 36.4. The summed E-state index contributed by atoms with van der Waals surface area (Å²) in [5, 5.41) is 12.0. The van der Waals surface area contributed by atoms with Crippen LogP contribution in [0.2, 0.25) is 0 Å². The molecule has 8 heteroatoms. The Balaban J connectivity index is 0.882. The lowest BCUT2D eigenvalue weighted by Gasteiger charge is -2.26. The van der Waals surface area contributed by atoms with Crippen LogP contribution in [0.1, 0.15) is 25.0 Å². The summed E-state index contributed by atoms with van der Waals surface area (Å²) in [5.74, 6) is -0.281. The smallest absolute Gasteiger partial charge is 0.280 e. The largest absolute Gasteiger partial charge is 0.311 e. The molecule has 2 aliphatic rings. The Hall–Kier alpha value is -8.88. The van der Waals surface area contributed by atoms with Gasteiger partial charge in [0.1, 0.15) is 0 Å². The van der Waals surface area contributed by atoms with Crippen LogP contribution in [-0.2, 0) is 9.59 Å². The molecule has 318 valence electrons. The molecule has 0 saturated heterocycles. The number of benzene rings is 8. The maximum atomic E-state index is 13.4. The van der Waals surface area contributed by atoms with E-state index < -0.39 is 0 Å². The molecule has 0 saturated carbocycles. The summed E-state index contributed by atoms with van der Waals surface area (Å²) in [6.07, 6.45) is 3.82. The monoisotopic (exact) mass is 856 g/mol. The highest BCUT2D eigenvalue weighted by molar-refractivity contribution is 6.33. The number of hydrazone groups is 2. The second-order valence-corrected chi connectivity index (χ2v) is 16.0. The van der Waals surface area contributed by atoms with Crippen molar-refractivity contribution in [3.8, 4) is 11.1 Å². The van der Waals surface area contributed by atoms with Crippen molar-refractivity contribution < 1.29 is 9.59 Å². The summed E-state index contributed by atoms with van der Waals surface area (Å²) >= 11 is 0. The van der Waals surface area contributed by atoms with E-state index in [4.69, 9.17) is 0 Å². The van der Waals surface area contributed by atoms with Crippen LogP contribution in [0, 0.1) is 0 Å². The van der Waals surface area contributed by atoms with E-state index >= 15 is 0 Å².